The first-order valence-electron chi connectivity index (χ1n) is 8.12. The number of carbonyl (C=O) groups excluding carboxylic acids is 1. The van der Waals surface area contributed by atoms with E-state index in [9.17, 15) is 4.79 Å². The maximum atomic E-state index is 12.4. The lowest BCUT2D eigenvalue weighted by Crippen LogP contribution is -2.25. The summed E-state index contributed by atoms with van der Waals surface area (Å²) in [6.45, 7) is 1.09. The number of amides is 1. The molecule has 0 aliphatic heterocycles. The van der Waals surface area contributed by atoms with Crippen molar-refractivity contribution in [3.05, 3.63) is 76.2 Å². The molecule has 0 aliphatic carbocycles. The molecule has 5 heteroatoms. The Morgan fingerprint density at radius 1 is 1.12 bits per heavy atom. The molecule has 0 unspecified atom stereocenters. The number of methoxy groups -OCH3 is 1. The number of nitrogens with one attached hydrogen (secondary N) is 1. The van der Waals surface area contributed by atoms with Gasteiger partial charge in [-0.05, 0) is 23.3 Å². The molecule has 1 amide bonds. The fourth-order valence-electron chi connectivity index (χ4n) is 2.53. The average Bonchev–Trinajstić information content (AvgIpc) is 3.10. The molecule has 2 aromatic carbocycles. The standard InChI is InChI=1S/C20H20N2O2S/c1-24-13-19-22-18(14-25-19)10-11-21-20(23)17-9-5-8-16(12-17)15-6-3-2-4-7-15/h2-9,12,14H,10-11,13H2,1H3,(H,21,23). The molecule has 4 nitrogen and oxygen atoms in total. The van der Waals surface area contributed by atoms with Crippen molar-refractivity contribution in [1.29, 1.82) is 0 Å². The topological polar surface area (TPSA) is 51.2 Å². The number of hydrogen-bond acceptors (Lipinski definition) is 4. The molecule has 0 spiro atoms. The summed E-state index contributed by atoms with van der Waals surface area (Å²) in [5, 5.41) is 5.93. The molecule has 3 rings (SSSR count). The van der Waals surface area contributed by atoms with E-state index in [0.717, 1.165) is 21.8 Å². The van der Waals surface area contributed by atoms with Crippen LogP contribution in [0.3, 0.4) is 0 Å². The van der Waals surface area contributed by atoms with E-state index in [1.807, 2.05) is 60.0 Å². The lowest BCUT2D eigenvalue weighted by molar-refractivity contribution is 0.0954. The first-order valence-corrected chi connectivity index (χ1v) is 9.00. The fraction of sp³-hybridized carbons (Fsp3) is 0.200. The number of ether oxygens (including phenoxy) is 1. The fourth-order valence-corrected chi connectivity index (χ4v) is 3.33. The van der Waals surface area contributed by atoms with Gasteiger partial charge >= 0.3 is 0 Å². The molecular formula is C20H20N2O2S. The van der Waals surface area contributed by atoms with Crippen LogP contribution in [0.2, 0.25) is 0 Å². The van der Waals surface area contributed by atoms with Crippen LogP contribution in [-0.4, -0.2) is 24.5 Å². The zero-order valence-corrected chi connectivity index (χ0v) is 14.9. The predicted octanol–water partition coefficient (Wildman–Crippen LogP) is 3.93. The van der Waals surface area contributed by atoms with Crippen LogP contribution in [0.4, 0.5) is 0 Å². The molecule has 0 saturated carbocycles. The minimum absolute atomic E-state index is 0.0647. The third-order valence-corrected chi connectivity index (χ3v) is 4.64. The van der Waals surface area contributed by atoms with Crippen LogP contribution >= 0.6 is 11.3 Å². The van der Waals surface area contributed by atoms with E-state index >= 15 is 0 Å². The maximum Gasteiger partial charge on any atom is 0.251 e. The highest BCUT2D eigenvalue weighted by atomic mass is 32.1. The highest BCUT2D eigenvalue weighted by Gasteiger charge is 2.08. The quantitative estimate of drug-likeness (QED) is 0.701. The molecular weight excluding hydrogens is 332 g/mol. The summed E-state index contributed by atoms with van der Waals surface area (Å²) in [6.07, 6.45) is 0.713. The first kappa shape index (κ1) is 17.3. The van der Waals surface area contributed by atoms with Gasteiger partial charge in [0, 0.05) is 31.0 Å². The van der Waals surface area contributed by atoms with Crippen molar-refractivity contribution in [1.82, 2.24) is 10.3 Å². The molecule has 3 aromatic rings. The Hall–Kier alpha value is -2.50. The van der Waals surface area contributed by atoms with E-state index in [-0.39, 0.29) is 5.91 Å². The third kappa shape index (κ3) is 4.75. The largest absolute Gasteiger partial charge is 0.378 e. The molecule has 1 heterocycles. The van der Waals surface area contributed by atoms with Crippen LogP contribution in [-0.2, 0) is 17.8 Å². The molecule has 0 bridgehead atoms. The second-order valence-electron chi connectivity index (χ2n) is 5.62. The third-order valence-electron chi connectivity index (χ3n) is 3.77. The highest BCUT2D eigenvalue weighted by molar-refractivity contribution is 7.09. The first-order chi connectivity index (χ1) is 12.3. The second-order valence-corrected chi connectivity index (χ2v) is 6.56. The van der Waals surface area contributed by atoms with Crippen molar-refractivity contribution < 1.29 is 9.53 Å². The lowest BCUT2D eigenvalue weighted by Gasteiger charge is -2.07. The van der Waals surface area contributed by atoms with Gasteiger partial charge in [-0.25, -0.2) is 4.98 Å². The van der Waals surface area contributed by atoms with Gasteiger partial charge in [0.2, 0.25) is 0 Å². The van der Waals surface area contributed by atoms with E-state index in [0.29, 0.717) is 25.1 Å². The van der Waals surface area contributed by atoms with Gasteiger partial charge in [0.1, 0.15) is 5.01 Å². The van der Waals surface area contributed by atoms with Gasteiger partial charge in [0.05, 0.1) is 12.3 Å². The van der Waals surface area contributed by atoms with Gasteiger partial charge in [-0.15, -0.1) is 11.3 Å². The molecule has 1 N–H and O–H groups in total. The Morgan fingerprint density at radius 3 is 2.72 bits per heavy atom. The van der Waals surface area contributed by atoms with E-state index in [4.69, 9.17) is 4.74 Å². The zero-order chi connectivity index (χ0) is 17.5. The molecule has 1 aromatic heterocycles. The van der Waals surface area contributed by atoms with Gasteiger partial charge in [-0.2, -0.15) is 0 Å². The number of hydrogen-bond donors (Lipinski definition) is 1. The van der Waals surface area contributed by atoms with Crippen molar-refractivity contribution in [3.8, 4) is 11.1 Å². The van der Waals surface area contributed by atoms with Crippen molar-refractivity contribution in [2.24, 2.45) is 0 Å². The van der Waals surface area contributed by atoms with E-state index < -0.39 is 0 Å². The number of benzene rings is 2. The Bertz CT molecular complexity index is 830. The molecule has 0 saturated heterocycles. The lowest BCUT2D eigenvalue weighted by atomic mass is 10.0. The average molecular weight is 352 g/mol. The van der Waals surface area contributed by atoms with Crippen LogP contribution in [0.15, 0.2) is 60.0 Å². The van der Waals surface area contributed by atoms with E-state index in [1.54, 1.807) is 18.4 Å². The Labute approximate surface area is 151 Å². The molecule has 0 fully saturated rings. The SMILES string of the molecule is COCc1nc(CCNC(=O)c2cccc(-c3ccccc3)c2)cs1. The van der Waals surface area contributed by atoms with Gasteiger partial charge in [0.15, 0.2) is 0 Å². The monoisotopic (exact) mass is 352 g/mol. The van der Waals surface area contributed by atoms with Crippen LogP contribution in [0.1, 0.15) is 21.1 Å². The van der Waals surface area contributed by atoms with Crippen molar-refractivity contribution in [2.45, 2.75) is 13.0 Å². The smallest absolute Gasteiger partial charge is 0.251 e. The summed E-state index contributed by atoms with van der Waals surface area (Å²) in [6, 6.07) is 17.7. The zero-order valence-electron chi connectivity index (χ0n) is 14.1. The number of rotatable bonds is 7. The number of carbonyl (C=O) groups is 1. The van der Waals surface area contributed by atoms with Gasteiger partial charge < -0.3 is 10.1 Å². The maximum absolute atomic E-state index is 12.4. The number of thiazole rings is 1. The van der Waals surface area contributed by atoms with Crippen LogP contribution in [0.5, 0.6) is 0 Å². The minimum Gasteiger partial charge on any atom is -0.378 e. The molecule has 0 radical (unpaired) electrons. The summed E-state index contributed by atoms with van der Waals surface area (Å²) < 4.78 is 5.07. The Morgan fingerprint density at radius 2 is 1.92 bits per heavy atom. The number of aromatic nitrogens is 1. The summed E-state index contributed by atoms with van der Waals surface area (Å²) in [7, 11) is 1.66. The molecule has 0 atom stereocenters. The summed E-state index contributed by atoms with van der Waals surface area (Å²) >= 11 is 1.58. The van der Waals surface area contributed by atoms with Gasteiger partial charge in [-0.1, -0.05) is 42.5 Å². The number of nitrogens with zero attached hydrogens (tertiary/aromatic N) is 1. The molecule has 0 aliphatic rings. The second kappa shape index (κ2) is 8.55. The molecule has 128 valence electrons. The van der Waals surface area contributed by atoms with Crippen LogP contribution in [0.25, 0.3) is 11.1 Å². The van der Waals surface area contributed by atoms with Crippen molar-refractivity contribution in [3.63, 3.8) is 0 Å². The Balaban J connectivity index is 1.58. The van der Waals surface area contributed by atoms with E-state index in [2.05, 4.69) is 10.3 Å². The predicted molar refractivity (Wildman–Crippen MR) is 101 cm³/mol. The van der Waals surface area contributed by atoms with Crippen molar-refractivity contribution in [2.75, 3.05) is 13.7 Å². The van der Waals surface area contributed by atoms with Gasteiger partial charge in [0.25, 0.3) is 5.91 Å². The van der Waals surface area contributed by atoms with Crippen LogP contribution < -0.4 is 5.32 Å². The minimum atomic E-state index is -0.0647. The normalized spacial score (nSPS) is 10.6. The highest BCUT2D eigenvalue weighted by Crippen LogP contribution is 2.20. The summed E-state index contributed by atoms with van der Waals surface area (Å²) in [5.41, 5.74) is 3.79. The van der Waals surface area contributed by atoms with Gasteiger partial charge in [-0.3, -0.25) is 4.79 Å². The van der Waals surface area contributed by atoms with Crippen molar-refractivity contribution >= 4 is 17.2 Å². The van der Waals surface area contributed by atoms with E-state index in [1.165, 1.54) is 0 Å². The molecule has 25 heavy (non-hydrogen) atoms. The Kier molecular flexibility index (Phi) is 5.93. The summed E-state index contributed by atoms with van der Waals surface area (Å²) in [5.74, 6) is -0.0647. The van der Waals surface area contributed by atoms with Crippen LogP contribution in [0, 0.1) is 0 Å². The summed E-state index contributed by atoms with van der Waals surface area (Å²) in [4.78, 5) is 16.8.